The number of hydrogen-bond donors (Lipinski definition) is 1. The zero-order chi connectivity index (χ0) is 13.0. The highest BCUT2D eigenvalue weighted by atomic mass is 32.2. The first kappa shape index (κ1) is 13.4. The van der Waals surface area contributed by atoms with E-state index >= 15 is 0 Å². The molecule has 98 valence electrons. The van der Waals surface area contributed by atoms with Gasteiger partial charge in [0.25, 0.3) is 0 Å². The number of carbonyl (C=O) groups is 1. The number of hydrogen-bond acceptors (Lipinski definition) is 4. The molecular weight excluding hydrogens is 248 g/mol. The second-order valence-electron chi connectivity index (χ2n) is 4.31. The van der Waals surface area contributed by atoms with E-state index < -0.39 is 6.10 Å². The van der Waals surface area contributed by atoms with Gasteiger partial charge in [-0.1, -0.05) is 18.2 Å². The average molecular weight is 266 g/mol. The van der Waals surface area contributed by atoms with Crippen LogP contribution in [-0.4, -0.2) is 42.9 Å². The van der Waals surface area contributed by atoms with E-state index in [4.69, 9.17) is 10.5 Å². The summed E-state index contributed by atoms with van der Waals surface area (Å²) in [4.78, 5) is 14.6. The summed E-state index contributed by atoms with van der Waals surface area (Å²) in [7, 11) is 0. The summed E-state index contributed by atoms with van der Waals surface area (Å²) in [5.74, 6) is -0.377. The van der Waals surface area contributed by atoms with Crippen molar-refractivity contribution < 1.29 is 9.53 Å². The molecule has 0 radical (unpaired) electrons. The normalized spacial score (nSPS) is 20.8. The minimum absolute atomic E-state index is 0.377. The van der Waals surface area contributed by atoms with E-state index in [0.29, 0.717) is 13.2 Å². The third kappa shape index (κ3) is 3.25. The molecule has 1 fully saturated rings. The van der Waals surface area contributed by atoms with Gasteiger partial charge < -0.3 is 10.5 Å². The number of nitrogens with two attached hydrogens (primary N) is 1. The minimum atomic E-state index is -0.472. The van der Waals surface area contributed by atoms with Crippen LogP contribution in [-0.2, 0) is 16.1 Å². The number of thioether (sulfide) groups is 1. The molecule has 0 unspecified atom stereocenters. The Kier molecular flexibility index (Phi) is 4.63. The summed E-state index contributed by atoms with van der Waals surface area (Å²) < 4.78 is 5.34. The van der Waals surface area contributed by atoms with Gasteiger partial charge in [-0.15, -0.1) is 11.8 Å². The van der Waals surface area contributed by atoms with Gasteiger partial charge in [0.1, 0.15) is 6.10 Å². The highest BCUT2D eigenvalue weighted by Crippen LogP contribution is 2.22. The number of nitrogens with zero attached hydrogens (tertiary/aromatic N) is 1. The second-order valence-corrected chi connectivity index (χ2v) is 5.16. The lowest BCUT2D eigenvalue weighted by atomic mass is 10.2. The van der Waals surface area contributed by atoms with Crippen molar-refractivity contribution in [3.8, 4) is 0 Å². The monoisotopic (exact) mass is 266 g/mol. The summed E-state index contributed by atoms with van der Waals surface area (Å²) in [5, 5.41) is 0. The molecule has 0 spiro atoms. The molecule has 1 aromatic carbocycles. The molecule has 18 heavy (non-hydrogen) atoms. The van der Waals surface area contributed by atoms with Crippen LogP contribution in [0.25, 0.3) is 0 Å². The van der Waals surface area contributed by atoms with Crippen molar-refractivity contribution in [3.63, 3.8) is 0 Å². The predicted molar refractivity (Wildman–Crippen MR) is 72.4 cm³/mol. The van der Waals surface area contributed by atoms with Gasteiger partial charge >= 0.3 is 0 Å². The highest BCUT2D eigenvalue weighted by Gasteiger charge is 2.24. The number of amides is 1. The molecule has 1 aliphatic rings. The highest BCUT2D eigenvalue weighted by molar-refractivity contribution is 7.98. The molecule has 5 heteroatoms. The van der Waals surface area contributed by atoms with Crippen molar-refractivity contribution in [2.75, 3.05) is 26.0 Å². The lowest BCUT2D eigenvalue weighted by Crippen LogP contribution is -2.47. The summed E-state index contributed by atoms with van der Waals surface area (Å²) in [6.07, 6.45) is 1.60. The molecule has 4 nitrogen and oxygen atoms in total. The zero-order valence-corrected chi connectivity index (χ0v) is 11.3. The fourth-order valence-electron chi connectivity index (χ4n) is 2.09. The fourth-order valence-corrected chi connectivity index (χ4v) is 2.70. The third-order valence-electron chi connectivity index (χ3n) is 3.05. The van der Waals surface area contributed by atoms with Crippen LogP contribution >= 0.6 is 11.8 Å². The number of rotatable bonds is 4. The molecule has 0 saturated carbocycles. The van der Waals surface area contributed by atoms with E-state index in [1.54, 1.807) is 11.8 Å². The van der Waals surface area contributed by atoms with Gasteiger partial charge in [0.05, 0.1) is 6.61 Å². The number of primary amides is 1. The van der Waals surface area contributed by atoms with E-state index in [9.17, 15) is 4.79 Å². The van der Waals surface area contributed by atoms with Gasteiger partial charge in [0, 0.05) is 24.5 Å². The second kappa shape index (κ2) is 6.22. The van der Waals surface area contributed by atoms with Gasteiger partial charge in [-0.05, 0) is 17.9 Å². The van der Waals surface area contributed by atoms with Gasteiger partial charge in [0.15, 0.2) is 0 Å². The maximum atomic E-state index is 11.1. The van der Waals surface area contributed by atoms with Crippen molar-refractivity contribution in [2.45, 2.75) is 17.5 Å². The standard InChI is InChI=1S/C13H18N2O2S/c1-18-12-5-3-2-4-10(12)8-15-6-7-17-11(9-15)13(14)16/h2-5,11H,6-9H2,1H3,(H2,14,16)/t11-/m1/s1. The largest absolute Gasteiger partial charge is 0.367 e. The van der Waals surface area contributed by atoms with Gasteiger partial charge in [0.2, 0.25) is 5.91 Å². The summed E-state index contributed by atoms with van der Waals surface area (Å²) in [5.41, 5.74) is 6.57. The van der Waals surface area contributed by atoms with Crippen LogP contribution in [0, 0.1) is 0 Å². The van der Waals surface area contributed by atoms with Crippen LogP contribution in [0.4, 0.5) is 0 Å². The van der Waals surface area contributed by atoms with Crippen LogP contribution in [0.1, 0.15) is 5.56 Å². The Bertz CT molecular complexity index is 425. The molecule has 1 amide bonds. The fraction of sp³-hybridized carbons (Fsp3) is 0.462. The molecule has 1 aliphatic heterocycles. The van der Waals surface area contributed by atoms with Crippen molar-refractivity contribution in [3.05, 3.63) is 29.8 Å². The van der Waals surface area contributed by atoms with E-state index in [-0.39, 0.29) is 5.91 Å². The SMILES string of the molecule is CSc1ccccc1CN1CCO[C@@H](C(N)=O)C1. The van der Waals surface area contributed by atoms with Crippen LogP contribution in [0.3, 0.4) is 0 Å². The van der Waals surface area contributed by atoms with Gasteiger partial charge in [-0.2, -0.15) is 0 Å². The van der Waals surface area contributed by atoms with Gasteiger partial charge in [-0.25, -0.2) is 0 Å². The predicted octanol–water partition coefficient (Wildman–Crippen LogP) is 1.09. The van der Waals surface area contributed by atoms with Crippen LogP contribution in [0.5, 0.6) is 0 Å². The number of ether oxygens (including phenoxy) is 1. The summed E-state index contributed by atoms with van der Waals surface area (Å²) in [6.45, 7) is 2.82. The number of benzene rings is 1. The number of carbonyl (C=O) groups excluding carboxylic acids is 1. The van der Waals surface area contributed by atoms with Crippen molar-refractivity contribution in [1.29, 1.82) is 0 Å². The maximum Gasteiger partial charge on any atom is 0.247 e. The van der Waals surface area contributed by atoms with Crippen LogP contribution in [0.15, 0.2) is 29.2 Å². The molecule has 2 rings (SSSR count). The topological polar surface area (TPSA) is 55.6 Å². The lowest BCUT2D eigenvalue weighted by molar-refractivity contribution is -0.135. The maximum absolute atomic E-state index is 11.1. The lowest BCUT2D eigenvalue weighted by Gasteiger charge is -2.31. The molecule has 0 bridgehead atoms. The molecule has 0 aliphatic carbocycles. The molecule has 1 saturated heterocycles. The molecule has 0 aromatic heterocycles. The Morgan fingerprint density at radius 1 is 1.56 bits per heavy atom. The Balaban J connectivity index is 2.02. The van der Waals surface area contributed by atoms with Crippen molar-refractivity contribution >= 4 is 17.7 Å². The van der Waals surface area contributed by atoms with Gasteiger partial charge in [-0.3, -0.25) is 9.69 Å². The first-order valence-electron chi connectivity index (χ1n) is 5.96. The summed E-state index contributed by atoms with van der Waals surface area (Å²) >= 11 is 1.74. The van der Waals surface area contributed by atoms with E-state index in [0.717, 1.165) is 13.1 Å². The Morgan fingerprint density at radius 2 is 2.33 bits per heavy atom. The quantitative estimate of drug-likeness (QED) is 0.829. The Hall–Kier alpha value is -1.04. The summed E-state index contributed by atoms with van der Waals surface area (Å²) in [6, 6.07) is 8.33. The molecule has 1 heterocycles. The van der Waals surface area contributed by atoms with Crippen molar-refractivity contribution in [2.24, 2.45) is 5.73 Å². The zero-order valence-electron chi connectivity index (χ0n) is 10.5. The van der Waals surface area contributed by atoms with E-state index in [2.05, 4.69) is 23.3 Å². The van der Waals surface area contributed by atoms with E-state index in [1.165, 1.54) is 10.5 Å². The average Bonchev–Trinajstić information content (AvgIpc) is 2.39. The Morgan fingerprint density at radius 3 is 3.06 bits per heavy atom. The third-order valence-corrected chi connectivity index (χ3v) is 3.89. The Labute approximate surface area is 111 Å². The molecule has 1 atom stereocenters. The minimum Gasteiger partial charge on any atom is -0.367 e. The number of morpholine rings is 1. The van der Waals surface area contributed by atoms with E-state index in [1.807, 2.05) is 12.1 Å². The van der Waals surface area contributed by atoms with Crippen LogP contribution < -0.4 is 5.73 Å². The molecule has 2 N–H and O–H groups in total. The smallest absolute Gasteiger partial charge is 0.247 e. The van der Waals surface area contributed by atoms with Crippen LogP contribution in [0.2, 0.25) is 0 Å². The first-order chi connectivity index (χ1) is 8.70. The molecular formula is C13H18N2O2S. The molecule has 1 aromatic rings. The first-order valence-corrected chi connectivity index (χ1v) is 7.18. The van der Waals surface area contributed by atoms with Crippen molar-refractivity contribution in [1.82, 2.24) is 4.90 Å².